The molecule has 29 heavy (non-hydrogen) atoms. The van der Waals surface area contributed by atoms with Crippen LogP contribution in [0.1, 0.15) is 24.5 Å². The van der Waals surface area contributed by atoms with Gasteiger partial charge in [-0.1, -0.05) is 24.3 Å². The van der Waals surface area contributed by atoms with E-state index < -0.39 is 0 Å². The first-order valence-corrected chi connectivity index (χ1v) is 9.82. The van der Waals surface area contributed by atoms with Crippen LogP contribution < -0.4 is 24.8 Å². The average Bonchev–Trinajstić information content (AvgIpc) is 2.97. The van der Waals surface area contributed by atoms with Gasteiger partial charge in [0, 0.05) is 19.5 Å². The molecule has 0 unspecified atom stereocenters. The van der Waals surface area contributed by atoms with Crippen molar-refractivity contribution in [2.75, 3.05) is 33.4 Å². The molecule has 2 aromatic carbocycles. The molecule has 158 valence electrons. The number of hydrogen-bond donors (Lipinski definition) is 2. The van der Waals surface area contributed by atoms with Gasteiger partial charge in [-0.2, -0.15) is 0 Å². The van der Waals surface area contributed by atoms with Gasteiger partial charge in [-0.25, -0.2) is 4.99 Å². The monoisotopic (exact) mass is 511 g/mol. The molecule has 1 heterocycles. The maximum absolute atomic E-state index is 5.76. The van der Waals surface area contributed by atoms with Crippen LogP contribution in [0.15, 0.2) is 47.5 Å². The summed E-state index contributed by atoms with van der Waals surface area (Å²) in [7, 11) is 1.70. The van der Waals surface area contributed by atoms with Crippen LogP contribution in [0.5, 0.6) is 17.2 Å². The van der Waals surface area contributed by atoms with Crippen LogP contribution in [0.4, 0.5) is 0 Å². The Bertz CT molecular complexity index is 799. The molecule has 2 aromatic rings. The number of fused-ring (bicyclic) bond motifs is 1. The molecule has 1 aliphatic rings. The summed E-state index contributed by atoms with van der Waals surface area (Å²) in [6.07, 6.45) is 1.77. The summed E-state index contributed by atoms with van der Waals surface area (Å²) in [5.41, 5.74) is 2.27. The Morgan fingerprint density at radius 2 is 1.86 bits per heavy atom. The van der Waals surface area contributed by atoms with Crippen LogP contribution in [0, 0.1) is 0 Å². The second-order valence-electron chi connectivity index (χ2n) is 6.52. The topological polar surface area (TPSA) is 64.1 Å². The molecule has 7 heteroatoms. The number of hydrogen-bond acceptors (Lipinski definition) is 4. The van der Waals surface area contributed by atoms with E-state index in [4.69, 9.17) is 19.2 Å². The second-order valence-corrected chi connectivity index (χ2v) is 6.52. The third-order valence-corrected chi connectivity index (χ3v) is 4.46. The highest BCUT2D eigenvalue weighted by Gasteiger charge is 2.10. The van der Waals surface area contributed by atoms with Crippen molar-refractivity contribution in [3.8, 4) is 17.2 Å². The third-order valence-electron chi connectivity index (χ3n) is 4.46. The summed E-state index contributed by atoms with van der Waals surface area (Å²) in [6.45, 7) is 5.60. The maximum atomic E-state index is 5.76. The average molecular weight is 511 g/mol. The molecule has 0 atom stereocenters. The molecule has 2 N–H and O–H groups in total. The molecule has 0 fully saturated rings. The summed E-state index contributed by atoms with van der Waals surface area (Å²) in [4.78, 5) is 4.70. The Labute approximate surface area is 190 Å². The number of nitrogens with one attached hydrogen (secondary N) is 2. The SMILES string of the molecule is CCNC(=NCc1ccc2c(c1)OCCCO2)NCCc1ccccc1OC.I. The van der Waals surface area contributed by atoms with E-state index in [9.17, 15) is 0 Å². The van der Waals surface area contributed by atoms with E-state index in [-0.39, 0.29) is 24.0 Å². The molecule has 1 aliphatic heterocycles. The number of rotatable bonds is 7. The fraction of sp³-hybridized carbons (Fsp3) is 0.409. The molecular formula is C22H30IN3O3. The molecule has 0 aromatic heterocycles. The van der Waals surface area contributed by atoms with Gasteiger partial charge < -0.3 is 24.8 Å². The minimum absolute atomic E-state index is 0. The molecule has 0 bridgehead atoms. The number of nitrogens with zero attached hydrogens (tertiary/aromatic N) is 1. The Hall–Kier alpha value is -2.16. The fourth-order valence-electron chi connectivity index (χ4n) is 3.04. The number of halogens is 1. The van der Waals surface area contributed by atoms with Crippen LogP contribution in [-0.4, -0.2) is 39.4 Å². The van der Waals surface area contributed by atoms with Gasteiger partial charge in [-0.05, 0) is 42.7 Å². The van der Waals surface area contributed by atoms with Crippen molar-refractivity contribution in [3.63, 3.8) is 0 Å². The van der Waals surface area contributed by atoms with Gasteiger partial charge in [0.25, 0.3) is 0 Å². The Morgan fingerprint density at radius 1 is 1.07 bits per heavy atom. The standard InChI is InChI=1S/C22H29N3O3.HI/c1-3-23-22(24-12-11-18-7-4-5-8-19(18)26-2)25-16-17-9-10-20-21(15-17)28-14-6-13-27-20;/h4-5,7-10,15H,3,6,11-14,16H2,1-2H3,(H2,23,24,25);1H. The molecule has 0 radical (unpaired) electrons. The van der Waals surface area contributed by atoms with E-state index >= 15 is 0 Å². The second kappa shape index (κ2) is 12.4. The fourth-order valence-corrected chi connectivity index (χ4v) is 3.04. The lowest BCUT2D eigenvalue weighted by Gasteiger charge is -2.13. The van der Waals surface area contributed by atoms with Gasteiger partial charge in [0.2, 0.25) is 0 Å². The predicted molar refractivity (Wildman–Crippen MR) is 127 cm³/mol. The Kier molecular flexibility index (Phi) is 9.90. The largest absolute Gasteiger partial charge is 0.496 e. The zero-order chi connectivity index (χ0) is 19.6. The normalized spacial score (nSPS) is 13.1. The number of aliphatic imine (C=N–C) groups is 1. The summed E-state index contributed by atoms with van der Waals surface area (Å²) in [5.74, 6) is 3.33. The van der Waals surface area contributed by atoms with Crippen molar-refractivity contribution in [1.29, 1.82) is 0 Å². The molecule has 3 rings (SSSR count). The molecule has 0 amide bonds. The van der Waals surface area contributed by atoms with E-state index in [1.165, 1.54) is 5.56 Å². The third kappa shape index (κ3) is 6.99. The number of para-hydroxylation sites is 1. The van der Waals surface area contributed by atoms with Gasteiger partial charge in [0.1, 0.15) is 5.75 Å². The highest BCUT2D eigenvalue weighted by Crippen LogP contribution is 2.30. The quantitative estimate of drug-likeness (QED) is 0.337. The van der Waals surface area contributed by atoms with Crippen LogP contribution in [0.2, 0.25) is 0 Å². The van der Waals surface area contributed by atoms with Gasteiger partial charge in [-0.15, -0.1) is 24.0 Å². The molecule has 0 spiro atoms. The zero-order valence-electron chi connectivity index (χ0n) is 17.1. The first kappa shape index (κ1) is 23.1. The lowest BCUT2D eigenvalue weighted by Crippen LogP contribution is -2.38. The van der Waals surface area contributed by atoms with Crippen molar-refractivity contribution in [2.24, 2.45) is 4.99 Å². The first-order valence-electron chi connectivity index (χ1n) is 9.82. The summed E-state index contributed by atoms with van der Waals surface area (Å²) < 4.78 is 16.9. The van der Waals surface area contributed by atoms with Crippen molar-refractivity contribution in [1.82, 2.24) is 10.6 Å². The van der Waals surface area contributed by atoms with Crippen LogP contribution >= 0.6 is 24.0 Å². The highest BCUT2D eigenvalue weighted by molar-refractivity contribution is 14.0. The Balaban J connectivity index is 0.00000300. The van der Waals surface area contributed by atoms with Crippen molar-refractivity contribution < 1.29 is 14.2 Å². The van der Waals surface area contributed by atoms with Crippen molar-refractivity contribution >= 4 is 29.9 Å². The number of methoxy groups -OCH3 is 1. The van der Waals surface area contributed by atoms with E-state index in [1.807, 2.05) is 36.4 Å². The van der Waals surface area contributed by atoms with Gasteiger partial charge in [0.15, 0.2) is 17.5 Å². The lowest BCUT2D eigenvalue weighted by atomic mass is 10.1. The van der Waals surface area contributed by atoms with E-state index in [0.717, 1.165) is 54.7 Å². The summed E-state index contributed by atoms with van der Waals surface area (Å²) in [5, 5.41) is 6.68. The highest BCUT2D eigenvalue weighted by atomic mass is 127. The minimum Gasteiger partial charge on any atom is -0.496 e. The van der Waals surface area contributed by atoms with Gasteiger partial charge in [-0.3, -0.25) is 0 Å². The number of guanidine groups is 1. The minimum atomic E-state index is 0. The smallest absolute Gasteiger partial charge is 0.191 e. The van der Waals surface area contributed by atoms with Gasteiger partial charge >= 0.3 is 0 Å². The summed E-state index contributed by atoms with van der Waals surface area (Å²) >= 11 is 0. The van der Waals surface area contributed by atoms with E-state index in [1.54, 1.807) is 7.11 Å². The predicted octanol–water partition coefficient (Wildman–Crippen LogP) is 3.77. The van der Waals surface area contributed by atoms with Crippen LogP contribution in [0.25, 0.3) is 0 Å². The molecular weight excluding hydrogens is 481 g/mol. The molecule has 6 nitrogen and oxygen atoms in total. The van der Waals surface area contributed by atoms with Crippen molar-refractivity contribution in [2.45, 2.75) is 26.3 Å². The molecule has 0 aliphatic carbocycles. The van der Waals surface area contributed by atoms with E-state index in [0.29, 0.717) is 19.8 Å². The van der Waals surface area contributed by atoms with Crippen LogP contribution in [0.3, 0.4) is 0 Å². The lowest BCUT2D eigenvalue weighted by molar-refractivity contribution is 0.297. The maximum Gasteiger partial charge on any atom is 0.191 e. The Morgan fingerprint density at radius 3 is 2.66 bits per heavy atom. The van der Waals surface area contributed by atoms with E-state index in [2.05, 4.69) is 23.6 Å². The molecule has 0 saturated heterocycles. The molecule has 0 saturated carbocycles. The van der Waals surface area contributed by atoms with Crippen LogP contribution in [-0.2, 0) is 13.0 Å². The van der Waals surface area contributed by atoms with Crippen molar-refractivity contribution in [3.05, 3.63) is 53.6 Å². The number of benzene rings is 2. The first-order chi connectivity index (χ1) is 13.8. The number of ether oxygens (including phenoxy) is 3. The zero-order valence-corrected chi connectivity index (χ0v) is 19.4. The van der Waals surface area contributed by atoms with Gasteiger partial charge in [0.05, 0.1) is 26.9 Å². The summed E-state index contributed by atoms with van der Waals surface area (Å²) in [6, 6.07) is 14.1.